The van der Waals surface area contributed by atoms with Gasteiger partial charge < -0.3 is 0 Å². The van der Waals surface area contributed by atoms with E-state index in [1.807, 2.05) is 46.8 Å². The molecule has 0 aromatic heterocycles. The molecule has 0 fully saturated rings. The summed E-state index contributed by atoms with van der Waals surface area (Å²) in [4.78, 5) is 0. The SMILES string of the molecule is C=CC.CC.CC#Cc1c#cc(C)cc1. The van der Waals surface area contributed by atoms with E-state index >= 15 is 0 Å². The smallest absolute Gasteiger partial charge is 0.0747 e. The summed E-state index contributed by atoms with van der Waals surface area (Å²) < 4.78 is 0. The highest BCUT2D eigenvalue weighted by atomic mass is 13.8. The van der Waals surface area contributed by atoms with Crippen molar-refractivity contribution in [2.45, 2.75) is 34.6 Å². The molecule has 0 spiro atoms. The summed E-state index contributed by atoms with van der Waals surface area (Å²) in [7, 11) is 0. The van der Waals surface area contributed by atoms with Crippen LogP contribution in [0.3, 0.4) is 0 Å². The summed E-state index contributed by atoms with van der Waals surface area (Å²) in [5, 5.41) is 0. The van der Waals surface area contributed by atoms with Crippen LogP contribution in [0, 0.1) is 30.9 Å². The van der Waals surface area contributed by atoms with Crippen LogP contribution in [-0.4, -0.2) is 0 Å². The average Bonchev–Trinajstić information content (AvgIpc) is 2.26. The molecule has 0 atom stereocenters. The monoisotopic (exact) mass is 200 g/mol. The first-order valence-electron chi connectivity index (χ1n) is 5.15. The van der Waals surface area contributed by atoms with Crippen molar-refractivity contribution in [1.82, 2.24) is 0 Å². The van der Waals surface area contributed by atoms with Crippen LogP contribution in [0.1, 0.15) is 38.8 Å². The first kappa shape index (κ1) is 15.8. The highest BCUT2D eigenvalue weighted by molar-refractivity contribution is 5.30. The molecule has 0 N–H and O–H groups in total. The third-order valence-corrected chi connectivity index (χ3v) is 1.15. The van der Waals surface area contributed by atoms with Crippen molar-refractivity contribution in [3.63, 3.8) is 0 Å². The van der Waals surface area contributed by atoms with Crippen LogP contribution in [0.15, 0.2) is 24.8 Å². The summed E-state index contributed by atoms with van der Waals surface area (Å²) in [6.07, 6.45) is 1.75. The lowest BCUT2D eigenvalue weighted by Gasteiger charge is -1.83. The van der Waals surface area contributed by atoms with Crippen molar-refractivity contribution < 1.29 is 0 Å². The van der Waals surface area contributed by atoms with E-state index in [4.69, 9.17) is 0 Å². The fraction of sp³-hybridized carbons (Fsp3) is 0.333. The Morgan fingerprint density at radius 2 is 1.80 bits per heavy atom. The molecule has 80 valence electrons. The van der Waals surface area contributed by atoms with E-state index in [9.17, 15) is 0 Å². The summed E-state index contributed by atoms with van der Waals surface area (Å²) in [6, 6.07) is 9.83. The predicted octanol–water partition coefficient (Wildman–Crippen LogP) is 4.19. The Labute approximate surface area is 95.0 Å². The van der Waals surface area contributed by atoms with Gasteiger partial charge in [-0.25, -0.2) is 0 Å². The van der Waals surface area contributed by atoms with Gasteiger partial charge in [0.2, 0.25) is 0 Å². The highest BCUT2D eigenvalue weighted by Crippen LogP contribution is 1.93. The quantitative estimate of drug-likeness (QED) is 0.435. The molecule has 0 heteroatoms. The van der Waals surface area contributed by atoms with Crippen molar-refractivity contribution >= 4 is 0 Å². The minimum Gasteiger partial charge on any atom is -0.103 e. The van der Waals surface area contributed by atoms with Gasteiger partial charge in [-0.05, 0) is 38.5 Å². The molecule has 0 radical (unpaired) electrons. The van der Waals surface area contributed by atoms with Gasteiger partial charge in [0.25, 0.3) is 0 Å². The predicted molar refractivity (Wildman–Crippen MR) is 68.6 cm³/mol. The van der Waals surface area contributed by atoms with Crippen LogP contribution in [0.2, 0.25) is 0 Å². The van der Waals surface area contributed by atoms with Gasteiger partial charge in [0, 0.05) is 0 Å². The van der Waals surface area contributed by atoms with E-state index in [1.54, 1.807) is 6.08 Å². The Kier molecular flexibility index (Phi) is 13.0. The molecule has 0 amide bonds. The molecule has 0 heterocycles. The largest absolute Gasteiger partial charge is 0.103 e. The van der Waals surface area contributed by atoms with Crippen LogP contribution < -0.4 is 0 Å². The average molecular weight is 200 g/mol. The van der Waals surface area contributed by atoms with Gasteiger partial charge in [0.15, 0.2) is 0 Å². The molecular weight excluding hydrogens is 180 g/mol. The maximum atomic E-state index is 3.36. The lowest BCUT2D eigenvalue weighted by Crippen LogP contribution is -1.70. The molecule has 0 saturated carbocycles. The molecule has 1 aromatic carbocycles. The molecule has 0 unspecified atom stereocenters. The lowest BCUT2D eigenvalue weighted by atomic mass is 10.2. The van der Waals surface area contributed by atoms with Gasteiger partial charge in [-0.15, -0.1) is 12.5 Å². The van der Waals surface area contributed by atoms with Crippen molar-refractivity contribution in [3.8, 4) is 11.8 Å². The molecule has 0 aliphatic rings. The van der Waals surface area contributed by atoms with Crippen molar-refractivity contribution in [1.29, 1.82) is 0 Å². The zero-order valence-electron chi connectivity index (χ0n) is 10.4. The number of hydrogen-bond donors (Lipinski definition) is 0. The summed E-state index contributed by atoms with van der Waals surface area (Å²) in [5.41, 5.74) is 2.01. The van der Waals surface area contributed by atoms with E-state index in [0.29, 0.717) is 0 Å². The number of allylic oxidation sites excluding steroid dienone is 1. The number of aryl methyl sites for hydroxylation is 1. The molecule has 15 heavy (non-hydrogen) atoms. The van der Waals surface area contributed by atoms with E-state index in [2.05, 4.69) is 30.6 Å². The third-order valence-electron chi connectivity index (χ3n) is 1.15. The molecular formula is C15H20. The van der Waals surface area contributed by atoms with E-state index < -0.39 is 0 Å². The summed E-state index contributed by atoms with van der Waals surface area (Å²) in [5.74, 6) is 5.70. The maximum absolute atomic E-state index is 3.36. The minimum absolute atomic E-state index is 0.910. The Bertz CT molecular complexity index is 293. The second kappa shape index (κ2) is 12.3. The molecule has 0 nitrogen and oxygen atoms in total. The van der Waals surface area contributed by atoms with Gasteiger partial charge in [-0.1, -0.05) is 38.0 Å². The van der Waals surface area contributed by atoms with Crippen molar-refractivity contribution in [2.24, 2.45) is 0 Å². The number of rotatable bonds is 0. The summed E-state index contributed by atoms with van der Waals surface area (Å²) >= 11 is 0. The number of hydrogen-bond acceptors (Lipinski definition) is 0. The summed E-state index contributed by atoms with van der Waals surface area (Å²) in [6.45, 7) is 13.0. The lowest BCUT2D eigenvalue weighted by molar-refractivity contribution is 1.48. The van der Waals surface area contributed by atoms with Crippen LogP contribution >= 0.6 is 0 Å². The Balaban J connectivity index is 0. The van der Waals surface area contributed by atoms with Gasteiger partial charge >= 0.3 is 0 Å². The molecule has 0 aliphatic heterocycles. The maximum Gasteiger partial charge on any atom is 0.0747 e. The highest BCUT2D eigenvalue weighted by Gasteiger charge is 1.81. The second-order valence-electron chi connectivity index (χ2n) is 2.46. The molecule has 1 rings (SSSR count). The second-order valence-corrected chi connectivity index (χ2v) is 2.46. The molecule has 0 aliphatic carbocycles. The normalized spacial score (nSPS) is 6.20. The van der Waals surface area contributed by atoms with Gasteiger partial charge in [0.05, 0.1) is 5.56 Å². The Hall–Kier alpha value is -1.66. The third kappa shape index (κ3) is 10.3. The van der Waals surface area contributed by atoms with Gasteiger partial charge in [-0.3, -0.25) is 0 Å². The van der Waals surface area contributed by atoms with Crippen LogP contribution in [0.4, 0.5) is 0 Å². The van der Waals surface area contributed by atoms with Crippen molar-refractivity contribution in [3.05, 3.63) is 48.0 Å². The van der Waals surface area contributed by atoms with E-state index in [0.717, 1.165) is 11.1 Å². The minimum atomic E-state index is 0.910. The van der Waals surface area contributed by atoms with Crippen LogP contribution in [-0.2, 0) is 0 Å². The van der Waals surface area contributed by atoms with Crippen molar-refractivity contribution in [2.75, 3.05) is 0 Å². The molecule has 0 saturated heterocycles. The standard InChI is InChI=1S/C10H8.C3H6.C2H6/c1-3-4-10-7-5-9(2)6-8-10;1-3-2;1-2/h5,7H,1-2H3;3H,1H2,2H3;1-2H3. The zero-order chi connectivity index (χ0) is 12.1. The molecule has 0 bridgehead atoms. The zero-order valence-corrected chi connectivity index (χ0v) is 10.4. The topological polar surface area (TPSA) is 0 Å². The molecule has 1 aromatic rings. The van der Waals surface area contributed by atoms with Gasteiger partial charge in [0.1, 0.15) is 0 Å². The Morgan fingerprint density at radius 1 is 1.27 bits per heavy atom. The van der Waals surface area contributed by atoms with Crippen LogP contribution in [0.5, 0.6) is 0 Å². The fourth-order valence-electron chi connectivity index (χ4n) is 0.665. The first-order valence-corrected chi connectivity index (χ1v) is 5.15. The fourth-order valence-corrected chi connectivity index (χ4v) is 0.665. The van der Waals surface area contributed by atoms with E-state index in [1.165, 1.54) is 0 Å². The van der Waals surface area contributed by atoms with Crippen LogP contribution in [0.25, 0.3) is 0 Å². The Morgan fingerprint density at radius 3 is 2.13 bits per heavy atom. The van der Waals surface area contributed by atoms with Gasteiger partial charge in [-0.2, -0.15) is 0 Å². The van der Waals surface area contributed by atoms with E-state index in [-0.39, 0.29) is 0 Å². The first-order chi connectivity index (χ1) is 7.24.